The second kappa shape index (κ2) is 8.25. The van der Waals surface area contributed by atoms with Crippen molar-refractivity contribution in [3.8, 4) is 0 Å². The molecule has 2 N–H and O–H groups in total. The van der Waals surface area contributed by atoms with E-state index in [9.17, 15) is 9.59 Å². The van der Waals surface area contributed by atoms with Crippen LogP contribution in [0.5, 0.6) is 0 Å². The van der Waals surface area contributed by atoms with E-state index < -0.39 is 0 Å². The van der Waals surface area contributed by atoms with Gasteiger partial charge in [0.25, 0.3) is 0 Å². The minimum atomic E-state index is -0.113. The van der Waals surface area contributed by atoms with Crippen LogP contribution >= 0.6 is 0 Å². The van der Waals surface area contributed by atoms with Gasteiger partial charge in [0.15, 0.2) is 0 Å². The zero-order valence-electron chi connectivity index (χ0n) is 13.1. The molecule has 1 unspecified atom stereocenters. The molecule has 1 fully saturated rings. The Labute approximate surface area is 122 Å². The van der Waals surface area contributed by atoms with Gasteiger partial charge in [0.1, 0.15) is 0 Å². The minimum Gasteiger partial charge on any atom is -0.341 e. The van der Waals surface area contributed by atoms with Crippen molar-refractivity contribution in [1.29, 1.82) is 0 Å². The number of nitrogens with two attached hydrogens (primary N) is 1. The van der Waals surface area contributed by atoms with Crippen LogP contribution in [0.4, 0.5) is 0 Å². The average Bonchev–Trinajstić information content (AvgIpc) is 2.46. The molecule has 5 nitrogen and oxygen atoms in total. The summed E-state index contributed by atoms with van der Waals surface area (Å²) in [7, 11) is 3.56. The van der Waals surface area contributed by atoms with Crippen LogP contribution in [0.3, 0.4) is 0 Å². The van der Waals surface area contributed by atoms with Crippen LogP contribution in [-0.4, -0.2) is 54.8 Å². The fourth-order valence-corrected chi connectivity index (χ4v) is 2.81. The SMILES string of the molecule is CC(CCN)C(=O)N(C)CC(=O)N(C)C1CCCCC1. The van der Waals surface area contributed by atoms with E-state index in [4.69, 9.17) is 5.73 Å². The number of likely N-dealkylation sites (N-methyl/N-ethyl adjacent to an activating group) is 2. The third-order valence-electron chi connectivity index (χ3n) is 4.29. The van der Waals surface area contributed by atoms with Crippen molar-refractivity contribution in [2.24, 2.45) is 11.7 Å². The summed E-state index contributed by atoms with van der Waals surface area (Å²) in [6, 6.07) is 0.348. The molecule has 0 aromatic carbocycles. The Hall–Kier alpha value is -1.10. The topological polar surface area (TPSA) is 66.6 Å². The van der Waals surface area contributed by atoms with Crippen molar-refractivity contribution in [2.45, 2.75) is 51.5 Å². The fourth-order valence-electron chi connectivity index (χ4n) is 2.81. The van der Waals surface area contributed by atoms with Crippen molar-refractivity contribution in [3.05, 3.63) is 0 Å². The van der Waals surface area contributed by atoms with Crippen LogP contribution in [0.2, 0.25) is 0 Å². The highest BCUT2D eigenvalue weighted by atomic mass is 16.2. The summed E-state index contributed by atoms with van der Waals surface area (Å²) in [5, 5.41) is 0. The first-order valence-electron chi connectivity index (χ1n) is 7.68. The highest BCUT2D eigenvalue weighted by Crippen LogP contribution is 2.21. The number of rotatable bonds is 6. The van der Waals surface area contributed by atoms with E-state index in [-0.39, 0.29) is 24.3 Å². The summed E-state index contributed by atoms with van der Waals surface area (Å²) in [6.45, 7) is 2.53. The van der Waals surface area contributed by atoms with Crippen LogP contribution in [0, 0.1) is 5.92 Å². The first-order valence-corrected chi connectivity index (χ1v) is 7.68. The number of hydrogen-bond donors (Lipinski definition) is 1. The van der Waals surface area contributed by atoms with E-state index >= 15 is 0 Å². The van der Waals surface area contributed by atoms with Gasteiger partial charge < -0.3 is 15.5 Å². The second-order valence-electron chi connectivity index (χ2n) is 5.97. The zero-order valence-corrected chi connectivity index (χ0v) is 13.1. The molecule has 1 saturated carbocycles. The molecule has 116 valence electrons. The molecule has 1 atom stereocenters. The molecule has 0 aromatic rings. The molecule has 0 aliphatic heterocycles. The third-order valence-corrected chi connectivity index (χ3v) is 4.29. The van der Waals surface area contributed by atoms with Crippen LogP contribution in [0.1, 0.15) is 45.4 Å². The molecule has 0 spiro atoms. The number of nitrogens with zero attached hydrogens (tertiary/aromatic N) is 2. The van der Waals surface area contributed by atoms with Crippen LogP contribution in [-0.2, 0) is 9.59 Å². The van der Waals surface area contributed by atoms with Gasteiger partial charge in [0.05, 0.1) is 6.54 Å². The van der Waals surface area contributed by atoms with E-state index in [1.165, 1.54) is 24.2 Å². The molecule has 20 heavy (non-hydrogen) atoms. The number of carbonyl (C=O) groups excluding carboxylic acids is 2. The predicted molar refractivity (Wildman–Crippen MR) is 80.1 cm³/mol. The van der Waals surface area contributed by atoms with Crippen molar-refractivity contribution in [1.82, 2.24) is 9.80 Å². The molecule has 0 radical (unpaired) electrons. The van der Waals surface area contributed by atoms with Crippen molar-refractivity contribution in [2.75, 3.05) is 27.2 Å². The predicted octanol–water partition coefficient (Wildman–Crippen LogP) is 1.22. The van der Waals surface area contributed by atoms with Crippen molar-refractivity contribution in [3.63, 3.8) is 0 Å². The van der Waals surface area contributed by atoms with E-state index in [0.717, 1.165) is 12.8 Å². The minimum absolute atomic E-state index is 0.000782. The van der Waals surface area contributed by atoms with Gasteiger partial charge in [-0.05, 0) is 25.8 Å². The van der Waals surface area contributed by atoms with E-state index in [0.29, 0.717) is 19.0 Å². The monoisotopic (exact) mass is 283 g/mol. The summed E-state index contributed by atoms with van der Waals surface area (Å²) < 4.78 is 0. The lowest BCUT2D eigenvalue weighted by molar-refractivity contribution is -0.142. The van der Waals surface area contributed by atoms with Gasteiger partial charge in [-0.2, -0.15) is 0 Å². The Balaban J connectivity index is 2.45. The number of carbonyl (C=O) groups is 2. The van der Waals surface area contributed by atoms with Gasteiger partial charge in [0, 0.05) is 26.1 Å². The second-order valence-corrected chi connectivity index (χ2v) is 5.97. The van der Waals surface area contributed by atoms with Gasteiger partial charge in [-0.25, -0.2) is 0 Å². The quantitative estimate of drug-likeness (QED) is 0.797. The maximum atomic E-state index is 12.2. The molecule has 1 aliphatic carbocycles. The Morgan fingerprint density at radius 2 is 1.80 bits per heavy atom. The molecule has 0 saturated heterocycles. The summed E-state index contributed by atoms with van der Waals surface area (Å²) in [5.74, 6) is -0.0775. The molecule has 0 bridgehead atoms. The van der Waals surface area contributed by atoms with Gasteiger partial charge >= 0.3 is 0 Å². The Morgan fingerprint density at radius 1 is 1.20 bits per heavy atom. The number of hydrogen-bond acceptors (Lipinski definition) is 3. The summed E-state index contributed by atoms with van der Waals surface area (Å²) in [5.41, 5.74) is 5.47. The van der Waals surface area contributed by atoms with Crippen LogP contribution in [0.15, 0.2) is 0 Å². The van der Waals surface area contributed by atoms with E-state index in [1.54, 1.807) is 7.05 Å². The molecule has 5 heteroatoms. The molecule has 0 aromatic heterocycles. The molecular weight excluding hydrogens is 254 g/mol. The molecule has 2 amide bonds. The van der Waals surface area contributed by atoms with Crippen molar-refractivity contribution >= 4 is 11.8 Å². The smallest absolute Gasteiger partial charge is 0.242 e. The van der Waals surface area contributed by atoms with Gasteiger partial charge in [0.2, 0.25) is 11.8 Å². The standard InChI is InChI=1S/C15H29N3O2/c1-12(9-10-16)15(20)17(2)11-14(19)18(3)13-7-5-4-6-8-13/h12-13H,4-11,16H2,1-3H3. The van der Waals surface area contributed by atoms with E-state index in [1.807, 2.05) is 18.9 Å². The van der Waals surface area contributed by atoms with Crippen LogP contribution < -0.4 is 5.73 Å². The lowest BCUT2D eigenvalue weighted by Crippen LogP contribution is -2.45. The maximum Gasteiger partial charge on any atom is 0.242 e. The van der Waals surface area contributed by atoms with Crippen molar-refractivity contribution < 1.29 is 9.59 Å². The fraction of sp³-hybridized carbons (Fsp3) is 0.867. The molecular formula is C15H29N3O2. The largest absolute Gasteiger partial charge is 0.341 e. The summed E-state index contributed by atoms with van der Waals surface area (Å²) in [4.78, 5) is 27.7. The van der Waals surface area contributed by atoms with Gasteiger partial charge in [-0.1, -0.05) is 26.2 Å². The Bertz CT molecular complexity index is 327. The normalized spacial score (nSPS) is 17.6. The Kier molecular flexibility index (Phi) is 6.99. The molecule has 1 aliphatic rings. The van der Waals surface area contributed by atoms with E-state index in [2.05, 4.69) is 0 Å². The Morgan fingerprint density at radius 3 is 2.35 bits per heavy atom. The van der Waals surface area contributed by atoms with Gasteiger partial charge in [-0.15, -0.1) is 0 Å². The molecule has 1 rings (SSSR count). The zero-order chi connectivity index (χ0) is 15.1. The van der Waals surface area contributed by atoms with Crippen LogP contribution in [0.25, 0.3) is 0 Å². The lowest BCUT2D eigenvalue weighted by Gasteiger charge is -2.32. The highest BCUT2D eigenvalue weighted by molar-refractivity contribution is 5.85. The first kappa shape index (κ1) is 17.0. The lowest BCUT2D eigenvalue weighted by atomic mass is 9.94. The highest BCUT2D eigenvalue weighted by Gasteiger charge is 2.25. The third kappa shape index (κ3) is 4.78. The first-order chi connectivity index (χ1) is 9.47. The maximum absolute atomic E-state index is 12.2. The average molecular weight is 283 g/mol. The summed E-state index contributed by atoms with van der Waals surface area (Å²) >= 11 is 0. The molecule has 0 heterocycles. The van der Waals surface area contributed by atoms with Gasteiger partial charge in [-0.3, -0.25) is 9.59 Å². The summed E-state index contributed by atoms with van der Waals surface area (Å²) in [6.07, 6.45) is 6.51. The number of amides is 2.